The Bertz CT molecular complexity index is 893. The lowest BCUT2D eigenvalue weighted by molar-refractivity contribution is -0.0304. The van der Waals surface area contributed by atoms with Crippen molar-refractivity contribution in [3.05, 3.63) is 52.9 Å². The normalized spacial score (nSPS) is 22.3. The fourth-order valence-corrected chi connectivity index (χ4v) is 6.72. The Labute approximate surface area is 176 Å². The summed E-state index contributed by atoms with van der Waals surface area (Å²) in [5, 5.41) is 12.2. The predicted octanol–water partition coefficient (Wildman–Crippen LogP) is 2.51. The number of benzene rings is 1. The number of aryl methyl sites for hydroxylation is 1. The highest BCUT2D eigenvalue weighted by molar-refractivity contribution is 7.91. The minimum atomic E-state index is -3.39. The summed E-state index contributed by atoms with van der Waals surface area (Å²) < 4.78 is 33.2. The van der Waals surface area contributed by atoms with Gasteiger partial charge in [0.1, 0.15) is 4.21 Å². The number of hydrogen-bond donors (Lipinski definition) is 1. The number of aliphatic hydroxyl groups is 1. The molecule has 4 rings (SSSR count). The maximum absolute atomic E-state index is 12.6. The van der Waals surface area contributed by atoms with Gasteiger partial charge in [-0.1, -0.05) is 30.3 Å². The summed E-state index contributed by atoms with van der Waals surface area (Å²) in [5.74, 6) is 0. The van der Waals surface area contributed by atoms with E-state index in [0.29, 0.717) is 43.5 Å². The first-order chi connectivity index (χ1) is 14.0. The zero-order chi connectivity index (χ0) is 20.3. The summed E-state index contributed by atoms with van der Waals surface area (Å²) in [4.78, 5) is 2.11. The number of fused-ring (bicyclic) bond motifs is 1. The first kappa shape index (κ1) is 21.0. The highest BCUT2D eigenvalue weighted by atomic mass is 32.2. The summed E-state index contributed by atoms with van der Waals surface area (Å²) >= 11 is 1.25. The summed E-state index contributed by atoms with van der Waals surface area (Å²) in [6, 6.07) is 11.8. The number of ether oxygens (including phenoxy) is 1. The molecule has 0 saturated carbocycles. The molecule has 6 nitrogen and oxygen atoms in total. The second-order valence-electron chi connectivity index (χ2n) is 7.70. The van der Waals surface area contributed by atoms with Crippen LogP contribution in [-0.2, 0) is 21.2 Å². The van der Waals surface area contributed by atoms with E-state index in [9.17, 15) is 13.5 Å². The van der Waals surface area contributed by atoms with Crippen LogP contribution < -0.4 is 0 Å². The molecular weight excluding hydrogens is 408 g/mol. The summed E-state index contributed by atoms with van der Waals surface area (Å²) in [7, 11) is -3.39. The van der Waals surface area contributed by atoms with Crippen LogP contribution >= 0.6 is 11.3 Å². The largest absolute Gasteiger partial charge is 0.389 e. The highest BCUT2D eigenvalue weighted by Gasteiger charge is 2.30. The molecule has 2 aromatic rings. The van der Waals surface area contributed by atoms with Crippen LogP contribution in [0, 0.1) is 0 Å². The number of aliphatic hydroxyl groups excluding tert-OH is 1. The highest BCUT2D eigenvalue weighted by Crippen LogP contribution is 2.32. The van der Waals surface area contributed by atoms with Crippen molar-refractivity contribution in [3.63, 3.8) is 0 Å². The van der Waals surface area contributed by atoms with Crippen molar-refractivity contribution < 1.29 is 18.3 Å². The van der Waals surface area contributed by atoms with Gasteiger partial charge in [0.2, 0.25) is 0 Å². The standard InChI is InChI=1S/C21H28N2O4S2/c24-18(16-27-20-8-3-6-17-5-1-2-7-19(17)20)15-22-10-12-23(13-11-22)29(25,26)21-9-4-14-28-21/h1-2,4-5,7,9,14,18,20,24H,3,6,8,10-13,15-16H2/t18-,20+/m1/s1. The van der Waals surface area contributed by atoms with Gasteiger partial charge in [0.05, 0.1) is 18.8 Å². The van der Waals surface area contributed by atoms with E-state index in [1.807, 2.05) is 6.07 Å². The van der Waals surface area contributed by atoms with E-state index in [1.165, 1.54) is 26.8 Å². The summed E-state index contributed by atoms with van der Waals surface area (Å²) in [6.45, 7) is 2.93. The molecule has 1 N–H and O–H groups in total. The van der Waals surface area contributed by atoms with E-state index in [1.54, 1.807) is 17.5 Å². The van der Waals surface area contributed by atoms with Gasteiger partial charge >= 0.3 is 0 Å². The van der Waals surface area contributed by atoms with Gasteiger partial charge in [0.25, 0.3) is 10.0 Å². The molecule has 1 aliphatic heterocycles. The number of sulfonamides is 1. The Morgan fingerprint density at radius 1 is 1.14 bits per heavy atom. The maximum atomic E-state index is 12.6. The zero-order valence-corrected chi connectivity index (χ0v) is 18.1. The third-order valence-electron chi connectivity index (χ3n) is 5.69. The van der Waals surface area contributed by atoms with Crippen molar-refractivity contribution in [3.8, 4) is 0 Å². The van der Waals surface area contributed by atoms with E-state index in [0.717, 1.165) is 19.3 Å². The van der Waals surface area contributed by atoms with Gasteiger partial charge < -0.3 is 9.84 Å². The molecule has 2 atom stereocenters. The Balaban J connectivity index is 1.24. The van der Waals surface area contributed by atoms with Crippen LogP contribution in [0.25, 0.3) is 0 Å². The molecule has 0 unspecified atom stereocenters. The van der Waals surface area contributed by atoms with Gasteiger partial charge in [-0.05, 0) is 41.8 Å². The molecule has 2 heterocycles. The number of thiophene rings is 1. The quantitative estimate of drug-likeness (QED) is 0.722. The third-order valence-corrected chi connectivity index (χ3v) is 8.97. The SMILES string of the molecule is O=S(=O)(c1cccs1)N1CCN(C[C@@H](O)CO[C@H]2CCCc3ccccc32)CC1. The number of nitrogens with zero attached hydrogens (tertiary/aromatic N) is 2. The molecule has 0 bridgehead atoms. The Hall–Kier alpha value is -1.29. The van der Waals surface area contributed by atoms with Crippen molar-refractivity contribution >= 4 is 21.4 Å². The molecule has 8 heteroatoms. The van der Waals surface area contributed by atoms with Gasteiger partial charge in [0.15, 0.2) is 0 Å². The molecule has 1 aromatic heterocycles. The lowest BCUT2D eigenvalue weighted by Crippen LogP contribution is -2.50. The average Bonchev–Trinajstić information content (AvgIpc) is 3.28. The molecule has 0 radical (unpaired) electrons. The van der Waals surface area contributed by atoms with Crippen LogP contribution in [0.2, 0.25) is 0 Å². The number of piperazine rings is 1. The van der Waals surface area contributed by atoms with E-state index in [2.05, 4.69) is 23.1 Å². The van der Waals surface area contributed by atoms with Crippen molar-refractivity contribution in [1.82, 2.24) is 9.21 Å². The smallest absolute Gasteiger partial charge is 0.252 e. The molecular formula is C21H28N2O4S2. The number of hydrogen-bond acceptors (Lipinski definition) is 6. The Morgan fingerprint density at radius 3 is 2.69 bits per heavy atom. The van der Waals surface area contributed by atoms with Crippen LogP contribution in [0.4, 0.5) is 0 Å². The fourth-order valence-electron chi connectivity index (χ4n) is 4.15. The lowest BCUT2D eigenvalue weighted by Gasteiger charge is -2.35. The second kappa shape index (κ2) is 9.24. The molecule has 0 spiro atoms. The van der Waals surface area contributed by atoms with E-state index < -0.39 is 16.1 Å². The van der Waals surface area contributed by atoms with Crippen LogP contribution in [0.1, 0.15) is 30.1 Å². The minimum Gasteiger partial charge on any atom is -0.389 e. The summed E-state index contributed by atoms with van der Waals surface area (Å²) in [5.41, 5.74) is 2.60. The zero-order valence-electron chi connectivity index (χ0n) is 16.4. The average molecular weight is 437 g/mol. The van der Waals surface area contributed by atoms with Crippen molar-refractivity contribution in [1.29, 1.82) is 0 Å². The molecule has 29 heavy (non-hydrogen) atoms. The van der Waals surface area contributed by atoms with Crippen LogP contribution in [0.5, 0.6) is 0 Å². The first-order valence-corrected chi connectivity index (χ1v) is 12.5. The molecule has 0 amide bonds. The fraction of sp³-hybridized carbons (Fsp3) is 0.524. The number of β-amino-alcohol motifs (C(OH)–C–C–N with tert-alkyl or cyclic N) is 1. The molecule has 1 aromatic carbocycles. The topological polar surface area (TPSA) is 70.1 Å². The maximum Gasteiger partial charge on any atom is 0.252 e. The van der Waals surface area contributed by atoms with Crippen LogP contribution in [0.15, 0.2) is 46.0 Å². The second-order valence-corrected chi connectivity index (χ2v) is 10.8. The Kier molecular flexibility index (Phi) is 6.68. The number of rotatable bonds is 7. The van der Waals surface area contributed by atoms with Gasteiger partial charge in [-0.3, -0.25) is 4.90 Å². The molecule has 1 fully saturated rings. The van der Waals surface area contributed by atoms with E-state index >= 15 is 0 Å². The Morgan fingerprint density at radius 2 is 1.93 bits per heavy atom. The molecule has 158 valence electrons. The van der Waals surface area contributed by atoms with E-state index in [4.69, 9.17) is 4.74 Å². The lowest BCUT2D eigenvalue weighted by atomic mass is 9.89. The summed E-state index contributed by atoms with van der Waals surface area (Å²) in [6.07, 6.45) is 2.67. The first-order valence-electron chi connectivity index (χ1n) is 10.2. The van der Waals surface area contributed by atoms with Crippen LogP contribution in [0.3, 0.4) is 0 Å². The van der Waals surface area contributed by atoms with Gasteiger partial charge in [0, 0.05) is 32.7 Å². The van der Waals surface area contributed by atoms with Crippen LogP contribution in [-0.4, -0.2) is 68.2 Å². The van der Waals surface area contributed by atoms with Crippen molar-refractivity contribution in [2.75, 3.05) is 39.3 Å². The minimum absolute atomic E-state index is 0.0578. The van der Waals surface area contributed by atoms with Gasteiger partial charge in [-0.25, -0.2) is 8.42 Å². The van der Waals surface area contributed by atoms with E-state index in [-0.39, 0.29) is 6.10 Å². The molecule has 2 aliphatic rings. The van der Waals surface area contributed by atoms with Crippen molar-refractivity contribution in [2.45, 2.75) is 35.7 Å². The predicted molar refractivity (Wildman–Crippen MR) is 114 cm³/mol. The molecule has 1 aliphatic carbocycles. The van der Waals surface area contributed by atoms with Crippen molar-refractivity contribution in [2.24, 2.45) is 0 Å². The van der Waals surface area contributed by atoms with Gasteiger partial charge in [-0.15, -0.1) is 11.3 Å². The van der Waals surface area contributed by atoms with Gasteiger partial charge in [-0.2, -0.15) is 4.31 Å². The molecule has 1 saturated heterocycles. The third kappa shape index (κ3) is 4.90. The monoisotopic (exact) mass is 436 g/mol.